The SMILES string of the molecule is C=CCN1C(=O)N[C@H](c2ccccc2C(F)(F)F)C2=C1CN([C@H](Cc1ccccc1)C(=O)NC(C)(C)C)C2=O. The van der Waals surface area contributed by atoms with Gasteiger partial charge in [-0.25, -0.2) is 4.79 Å². The minimum absolute atomic E-state index is 0.00905. The Morgan fingerprint density at radius 2 is 1.74 bits per heavy atom. The summed E-state index contributed by atoms with van der Waals surface area (Å²) >= 11 is 0. The molecule has 2 heterocycles. The topological polar surface area (TPSA) is 81.8 Å². The van der Waals surface area contributed by atoms with Gasteiger partial charge in [0.25, 0.3) is 5.91 Å². The lowest BCUT2D eigenvalue weighted by Gasteiger charge is -2.33. The van der Waals surface area contributed by atoms with E-state index in [1.54, 1.807) is 0 Å². The molecule has 7 nitrogen and oxygen atoms in total. The molecule has 0 aliphatic carbocycles. The number of rotatable bonds is 7. The van der Waals surface area contributed by atoms with Crippen LogP contribution < -0.4 is 10.6 Å². The summed E-state index contributed by atoms with van der Waals surface area (Å²) in [4.78, 5) is 43.3. The van der Waals surface area contributed by atoms with Gasteiger partial charge in [-0.15, -0.1) is 6.58 Å². The fourth-order valence-corrected chi connectivity index (χ4v) is 4.96. The molecule has 4 amide bonds. The van der Waals surface area contributed by atoms with Crippen LogP contribution in [0.2, 0.25) is 0 Å². The minimum atomic E-state index is -4.70. The highest BCUT2D eigenvalue weighted by molar-refractivity contribution is 6.03. The monoisotopic (exact) mass is 540 g/mol. The van der Waals surface area contributed by atoms with E-state index >= 15 is 0 Å². The van der Waals surface area contributed by atoms with Crippen molar-refractivity contribution in [2.75, 3.05) is 13.1 Å². The lowest BCUT2D eigenvalue weighted by atomic mass is 9.91. The van der Waals surface area contributed by atoms with Crippen LogP contribution in [-0.4, -0.2) is 52.3 Å². The second kappa shape index (κ2) is 10.6. The predicted molar refractivity (Wildman–Crippen MR) is 140 cm³/mol. The first-order valence-electron chi connectivity index (χ1n) is 12.6. The zero-order valence-electron chi connectivity index (χ0n) is 22.0. The average Bonchev–Trinajstić information content (AvgIpc) is 3.20. The van der Waals surface area contributed by atoms with Gasteiger partial charge in [-0.2, -0.15) is 13.2 Å². The summed E-state index contributed by atoms with van der Waals surface area (Å²) in [7, 11) is 0. The summed E-state index contributed by atoms with van der Waals surface area (Å²) < 4.78 is 41.8. The summed E-state index contributed by atoms with van der Waals surface area (Å²) in [6, 6.07) is 11.1. The molecule has 4 rings (SSSR count). The van der Waals surface area contributed by atoms with E-state index in [4.69, 9.17) is 0 Å². The van der Waals surface area contributed by atoms with Gasteiger partial charge in [-0.3, -0.25) is 14.5 Å². The molecule has 2 N–H and O–H groups in total. The van der Waals surface area contributed by atoms with Crippen molar-refractivity contribution in [2.24, 2.45) is 0 Å². The van der Waals surface area contributed by atoms with Crippen LogP contribution in [0.15, 0.2) is 78.5 Å². The zero-order valence-corrected chi connectivity index (χ0v) is 22.0. The highest BCUT2D eigenvalue weighted by Crippen LogP contribution is 2.42. The van der Waals surface area contributed by atoms with Gasteiger partial charge in [-0.05, 0) is 38.0 Å². The van der Waals surface area contributed by atoms with Crippen LogP contribution in [0.3, 0.4) is 0 Å². The molecule has 0 bridgehead atoms. The molecule has 0 radical (unpaired) electrons. The Labute approximate surface area is 225 Å². The number of halogens is 3. The maximum absolute atomic E-state index is 14.0. The van der Waals surface area contributed by atoms with Crippen LogP contribution in [0.25, 0.3) is 0 Å². The largest absolute Gasteiger partial charge is 0.416 e. The van der Waals surface area contributed by atoms with Crippen molar-refractivity contribution >= 4 is 17.8 Å². The Kier molecular flexibility index (Phi) is 7.59. The van der Waals surface area contributed by atoms with Crippen molar-refractivity contribution in [1.82, 2.24) is 20.4 Å². The van der Waals surface area contributed by atoms with E-state index in [9.17, 15) is 27.6 Å². The third-order valence-electron chi connectivity index (χ3n) is 6.59. The van der Waals surface area contributed by atoms with E-state index in [0.29, 0.717) is 0 Å². The first kappa shape index (κ1) is 27.9. The summed E-state index contributed by atoms with van der Waals surface area (Å²) in [5, 5.41) is 5.51. The smallest absolute Gasteiger partial charge is 0.350 e. The quantitative estimate of drug-likeness (QED) is 0.505. The second-order valence-corrected chi connectivity index (χ2v) is 10.6. The number of nitrogens with zero attached hydrogens (tertiary/aromatic N) is 2. The van der Waals surface area contributed by atoms with Crippen molar-refractivity contribution in [3.8, 4) is 0 Å². The van der Waals surface area contributed by atoms with Crippen LogP contribution in [-0.2, 0) is 22.2 Å². The molecule has 2 aromatic carbocycles. The summed E-state index contributed by atoms with van der Waals surface area (Å²) in [5.74, 6) is -1.01. The van der Waals surface area contributed by atoms with Crippen molar-refractivity contribution < 1.29 is 27.6 Å². The molecular weight excluding hydrogens is 509 g/mol. The van der Waals surface area contributed by atoms with Crippen LogP contribution in [0.5, 0.6) is 0 Å². The third kappa shape index (κ3) is 5.84. The molecule has 2 atom stereocenters. The number of hydrogen-bond donors (Lipinski definition) is 2. The lowest BCUT2D eigenvalue weighted by Crippen LogP contribution is -2.54. The van der Waals surface area contributed by atoms with Gasteiger partial charge < -0.3 is 15.5 Å². The van der Waals surface area contributed by atoms with Gasteiger partial charge in [0.15, 0.2) is 0 Å². The van der Waals surface area contributed by atoms with Crippen molar-refractivity contribution in [1.29, 1.82) is 0 Å². The molecule has 0 spiro atoms. The van der Waals surface area contributed by atoms with Crippen LogP contribution in [0.1, 0.15) is 43.5 Å². The number of carbonyl (C=O) groups is 3. The van der Waals surface area contributed by atoms with Crippen LogP contribution in [0, 0.1) is 0 Å². The number of benzene rings is 2. The van der Waals surface area contributed by atoms with E-state index < -0.39 is 47.2 Å². The molecule has 2 aliphatic heterocycles. The van der Waals surface area contributed by atoms with E-state index in [0.717, 1.165) is 11.6 Å². The number of urea groups is 1. The lowest BCUT2D eigenvalue weighted by molar-refractivity contribution is -0.139. The molecule has 2 aromatic rings. The predicted octanol–water partition coefficient (Wildman–Crippen LogP) is 4.58. The fraction of sp³-hybridized carbons (Fsp3) is 0.345. The number of hydrogen-bond acceptors (Lipinski definition) is 3. The summed E-state index contributed by atoms with van der Waals surface area (Å²) in [6.45, 7) is 9.04. The molecule has 0 saturated carbocycles. The summed E-state index contributed by atoms with van der Waals surface area (Å²) in [6.07, 6.45) is -3.05. The number of alkyl halides is 3. The molecular formula is C29H31F3N4O3. The Bertz CT molecular complexity index is 1320. The van der Waals surface area contributed by atoms with Crippen LogP contribution >= 0.6 is 0 Å². The van der Waals surface area contributed by atoms with E-state index in [2.05, 4.69) is 17.2 Å². The highest BCUT2D eigenvalue weighted by atomic mass is 19.4. The Hall–Kier alpha value is -4.08. The first-order chi connectivity index (χ1) is 18.3. The number of amides is 4. The Balaban J connectivity index is 1.80. The van der Waals surface area contributed by atoms with Crippen molar-refractivity contribution in [2.45, 2.75) is 51.0 Å². The van der Waals surface area contributed by atoms with E-state index in [1.807, 2.05) is 51.1 Å². The minimum Gasteiger partial charge on any atom is -0.350 e. The zero-order chi connectivity index (χ0) is 28.5. The average molecular weight is 541 g/mol. The molecule has 39 heavy (non-hydrogen) atoms. The van der Waals surface area contributed by atoms with Gasteiger partial charge in [0.05, 0.1) is 29.4 Å². The Morgan fingerprint density at radius 1 is 1.10 bits per heavy atom. The van der Waals surface area contributed by atoms with Gasteiger partial charge in [0.2, 0.25) is 5.91 Å². The second-order valence-electron chi connectivity index (χ2n) is 10.6. The molecule has 2 aliphatic rings. The maximum atomic E-state index is 14.0. The van der Waals surface area contributed by atoms with Crippen LogP contribution in [0.4, 0.5) is 18.0 Å². The molecule has 0 saturated heterocycles. The standard InChI is InChI=1S/C29H31F3N4O3/c1-5-15-35-22-17-36(21(25(37)34-28(2,3)4)16-18-11-7-6-8-12-18)26(38)23(22)24(33-27(35)39)19-13-9-10-14-20(19)29(30,31)32/h5-14,21,24H,1,15-17H2,2-4H3,(H,33,39)(H,34,37)/t21-,24-/m1/s1. The molecule has 10 heteroatoms. The maximum Gasteiger partial charge on any atom is 0.416 e. The van der Waals surface area contributed by atoms with Crippen molar-refractivity contribution in [3.63, 3.8) is 0 Å². The molecule has 0 aromatic heterocycles. The van der Waals surface area contributed by atoms with Crippen molar-refractivity contribution in [3.05, 3.63) is 95.2 Å². The molecule has 0 unspecified atom stereocenters. The van der Waals surface area contributed by atoms with Gasteiger partial charge in [-0.1, -0.05) is 54.6 Å². The van der Waals surface area contributed by atoms with Gasteiger partial charge >= 0.3 is 12.2 Å². The molecule has 206 valence electrons. The van der Waals surface area contributed by atoms with Gasteiger partial charge in [0.1, 0.15) is 6.04 Å². The van der Waals surface area contributed by atoms with Gasteiger partial charge in [0, 0.05) is 18.5 Å². The Morgan fingerprint density at radius 3 is 2.36 bits per heavy atom. The third-order valence-corrected chi connectivity index (χ3v) is 6.59. The fourth-order valence-electron chi connectivity index (χ4n) is 4.96. The first-order valence-corrected chi connectivity index (χ1v) is 12.6. The highest BCUT2D eigenvalue weighted by Gasteiger charge is 2.49. The number of carbonyl (C=O) groups excluding carboxylic acids is 3. The molecule has 0 fully saturated rings. The number of nitrogens with one attached hydrogen (secondary N) is 2. The normalized spacial score (nSPS) is 18.6. The summed E-state index contributed by atoms with van der Waals surface area (Å²) in [5.41, 5.74) is -0.708. The van der Waals surface area contributed by atoms with E-state index in [-0.39, 0.29) is 36.3 Å². The van der Waals surface area contributed by atoms with E-state index in [1.165, 1.54) is 34.1 Å².